The molecule has 1 aliphatic rings. The zero-order valence-electron chi connectivity index (χ0n) is 16.6. The standard InChI is InChI=1S/C22H23ClN2O4/c1-11-6-12(2)19(13(3)7-11)20-16(26)8-14(21(20)28)4-5-24-22(29)15-9-17(23)25-18(27)10-15/h6-7,9-10,14,20H,4-5,8H2,1-3H3,(H,24,29)(H,25,27). The maximum Gasteiger partial charge on any atom is 0.251 e. The second-order valence-corrected chi connectivity index (χ2v) is 8.05. The zero-order chi connectivity index (χ0) is 21.3. The van der Waals surface area contributed by atoms with Crippen molar-refractivity contribution in [3.63, 3.8) is 0 Å². The summed E-state index contributed by atoms with van der Waals surface area (Å²) in [4.78, 5) is 51.5. The Bertz CT molecular complexity index is 1030. The fourth-order valence-corrected chi connectivity index (χ4v) is 4.36. The van der Waals surface area contributed by atoms with E-state index in [1.807, 2.05) is 32.9 Å². The smallest absolute Gasteiger partial charge is 0.251 e. The third-order valence-corrected chi connectivity index (χ3v) is 5.54. The molecule has 1 amide bonds. The highest BCUT2D eigenvalue weighted by Crippen LogP contribution is 2.37. The molecule has 1 aliphatic carbocycles. The summed E-state index contributed by atoms with van der Waals surface area (Å²) in [5.41, 5.74) is 3.50. The molecule has 152 valence electrons. The predicted octanol–water partition coefficient (Wildman–Crippen LogP) is 3.02. The molecule has 2 atom stereocenters. The first-order chi connectivity index (χ1) is 13.7. The van der Waals surface area contributed by atoms with Crippen LogP contribution in [0.1, 0.15) is 51.4 Å². The van der Waals surface area contributed by atoms with Gasteiger partial charge in [0, 0.05) is 30.5 Å². The molecule has 1 aromatic carbocycles. The van der Waals surface area contributed by atoms with Gasteiger partial charge in [-0.25, -0.2) is 0 Å². The van der Waals surface area contributed by atoms with Gasteiger partial charge >= 0.3 is 0 Å². The number of halogens is 1. The number of hydrogen-bond donors (Lipinski definition) is 2. The van der Waals surface area contributed by atoms with Crippen molar-refractivity contribution in [3.8, 4) is 0 Å². The van der Waals surface area contributed by atoms with Crippen LogP contribution in [0, 0.1) is 26.7 Å². The van der Waals surface area contributed by atoms with Gasteiger partial charge in [0.05, 0.1) is 0 Å². The molecule has 0 radical (unpaired) electrons. The van der Waals surface area contributed by atoms with Crippen LogP contribution in [0.5, 0.6) is 0 Å². The van der Waals surface area contributed by atoms with Crippen LogP contribution in [0.25, 0.3) is 0 Å². The highest BCUT2D eigenvalue weighted by molar-refractivity contribution is 6.29. The Morgan fingerprint density at radius 3 is 2.38 bits per heavy atom. The molecule has 0 saturated heterocycles. The average molecular weight is 415 g/mol. The Labute approximate surface area is 173 Å². The maximum atomic E-state index is 12.9. The van der Waals surface area contributed by atoms with E-state index in [1.165, 1.54) is 6.07 Å². The lowest BCUT2D eigenvalue weighted by atomic mass is 9.86. The van der Waals surface area contributed by atoms with Crippen LogP contribution in [-0.2, 0) is 9.59 Å². The molecule has 0 aliphatic heterocycles. The van der Waals surface area contributed by atoms with Gasteiger partial charge in [0.15, 0.2) is 5.78 Å². The number of rotatable bonds is 5. The number of hydrogen-bond acceptors (Lipinski definition) is 4. The lowest BCUT2D eigenvalue weighted by molar-refractivity contribution is -0.124. The second-order valence-electron chi connectivity index (χ2n) is 7.64. The number of carbonyl (C=O) groups excluding carboxylic acids is 3. The maximum absolute atomic E-state index is 12.9. The van der Waals surface area contributed by atoms with E-state index in [-0.39, 0.29) is 35.2 Å². The number of ketones is 2. The molecule has 2 N–H and O–H groups in total. The second kappa shape index (κ2) is 8.33. The van der Waals surface area contributed by atoms with Crippen LogP contribution in [0.4, 0.5) is 0 Å². The number of Topliss-reactive ketones (excluding diaryl/α,β-unsaturated/α-hetero) is 2. The molecular formula is C22H23ClN2O4. The Kier molecular flexibility index (Phi) is 6.03. The molecule has 3 rings (SSSR count). The van der Waals surface area contributed by atoms with Crippen molar-refractivity contribution in [1.29, 1.82) is 0 Å². The molecule has 6 nitrogen and oxygen atoms in total. The number of pyridine rings is 1. The molecule has 2 aromatic rings. The number of aryl methyl sites for hydroxylation is 3. The highest BCUT2D eigenvalue weighted by Gasteiger charge is 2.42. The number of H-pyrrole nitrogens is 1. The van der Waals surface area contributed by atoms with Gasteiger partial charge in [-0.2, -0.15) is 0 Å². The summed E-state index contributed by atoms with van der Waals surface area (Å²) in [5.74, 6) is -1.74. The van der Waals surface area contributed by atoms with E-state index in [1.54, 1.807) is 0 Å². The lowest BCUT2D eigenvalue weighted by Crippen LogP contribution is -2.28. The van der Waals surface area contributed by atoms with Gasteiger partial charge < -0.3 is 10.3 Å². The summed E-state index contributed by atoms with van der Waals surface area (Å²) in [6, 6.07) is 6.50. The van der Waals surface area contributed by atoms with Gasteiger partial charge in [-0.15, -0.1) is 0 Å². The molecule has 2 unspecified atom stereocenters. The van der Waals surface area contributed by atoms with Crippen LogP contribution in [0.15, 0.2) is 29.1 Å². The molecule has 29 heavy (non-hydrogen) atoms. The van der Waals surface area contributed by atoms with Crippen LogP contribution < -0.4 is 10.9 Å². The summed E-state index contributed by atoms with van der Waals surface area (Å²) in [5, 5.41) is 2.76. The first-order valence-electron chi connectivity index (χ1n) is 9.49. The van der Waals surface area contributed by atoms with Crippen molar-refractivity contribution < 1.29 is 14.4 Å². The Hall–Kier alpha value is -2.73. The van der Waals surface area contributed by atoms with Crippen molar-refractivity contribution in [3.05, 3.63) is 67.6 Å². The molecular weight excluding hydrogens is 392 g/mol. The van der Waals surface area contributed by atoms with E-state index in [2.05, 4.69) is 10.3 Å². The van der Waals surface area contributed by atoms with Gasteiger partial charge in [-0.3, -0.25) is 19.2 Å². The van der Waals surface area contributed by atoms with Gasteiger partial charge in [0.1, 0.15) is 16.9 Å². The SMILES string of the molecule is Cc1cc(C)c(C2C(=O)CC(CCNC(=O)c3cc(Cl)[nH]c(=O)c3)C2=O)c(C)c1. The van der Waals surface area contributed by atoms with Crippen molar-refractivity contribution >= 4 is 29.1 Å². The van der Waals surface area contributed by atoms with Gasteiger partial charge in [-0.05, 0) is 49.9 Å². The third kappa shape index (κ3) is 4.48. The van der Waals surface area contributed by atoms with Crippen molar-refractivity contribution in [2.45, 2.75) is 39.5 Å². The average Bonchev–Trinajstić information content (AvgIpc) is 2.88. The molecule has 1 heterocycles. The zero-order valence-corrected chi connectivity index (χ0v) is 17.4. The summed E-state index contributed by atoms with van der Waals surface area (Å²) in [6.07, 6.45) is 0.552. The molecule has 1 aromatic heterocycles. The molecule has 0 spiro atoms. The molecule has 7 heteroatoms. The number of nitrogens with one attached hydrogen (secondary N) is 2. The first kappa shape index (κ1) is 21.0. The van der Waals surface area contributed by atoms with Crippen LogP contribution in [0.2, 0.25) is 5.15 Å². The van der Waals surface area contributed by atoms with Gasteiger partial charge in [0.25, 0.3) is 5.91 Å². The Morgan fingerprint density at radius 1 is 1.10 bits per heavy atom. The van der Waals surface area contributed by atoms with E-state index in [0.29, 0.717) is 6.42 Å². The van der Waals surface area contributed by atoms with Crippen LogP contribution >= 0.6 is 11.6 Å². The Balaban J connectivity index is 1.66. The van der Waals surface area contributed by atoms with Gasteiger partial charge in [-0.1, -0.05) is 29.3 Å². The lowest BCUT2D eigenvalue weighted by Gasteiger charge is -2.16. The number of carbonyl (C=O) groups is 3. The summed E-state index contributed by atoms with van der Waals surface area (Å²) >= 11 is 5.76. The fraction of sp³-hybridized carbons (Fsp3) is 0.364. The van der Waals surface area contributed by atoms with Crippen LogP contribution in [0.3, 0.4) is 0 Å². The predicted molar refractivity (Wildman–Crippen MR) is 111 cm³/mol. The minimum Gasteiger partial charge on any atom is -0.352 e. The molecule has 0 bridgehead atoms. The largest absolute Gasteiger partial charge is 0.352 e. The highest BCUT2D eigenvalue weighted by atomic mass is 35.5. The Morgan fingerprint density at radius 2 is 1.76 bits per heavy atom. The number of aromatic nitrogens is 1. The summed E-state index contributed by atoms with van der Waals surface area (Å²) in [7, 11) is 0. The fourth-order valence-electron chi connectivity index (χ4n) is 4.15. The monoisotopic (exact) mass is 414 g/mol. The van der Waals surface area contributed by atoms with E-state index in [0.717, 1.165) is 28.3 Å². The topological polar surface area (TPSA) is 96.1 Å². The molecule has 1 fully saturated rings. The van der Waals surface area contributed by atoms with Crippen molar-refractivity contribution in [2.24, 2.45) is 5.92 Å². The van der Waals surface area contributed by atoms with Gasteiger partial charge in [0.2, 0.25) is 5.56 Å². The van der Waals surface area contributed by atoms with E-state index < -0.39 is 23.3 Å². The van der Waals surface area contributed by atoms with E-state index in [9.17, 15) is 19.2 Å². The third-order valence-electron chi connectivity index (χ3n) is 5.34. The van der Waals surface area contributed by atoms with E-state index in [4.69, 9.17) is 11.6 Å². The van der Waals surface area contributed by atoms with Crippen molar-refractivity contribution in [1.82, 2.24) is 10.3 Å². The number of amides is 1. The normalized spacial score (nSPS) is 18.9. The van der Waals surface area contributed by atoms with E-state index >= 15 is 0 Å². The number of benzene rings is 1. The summed E-state index contributed by atoms with van der Waals surface area (Å²) < 4.78 is 0. The molecule has 1 saturated carbocycles. The van der Waals surface area contributed by atoms with Crippen LogP contribution in [-0.4, -0.2) is 29.0 Å². The number of aromatic amines is 1. The minimum absolute atomic E-state index is 0.0669. The summed E-state index contributed by atoms with van der Waals surface area (Å²) in [6.45, 7) is 6.07. The first-order valence-corrected chi connectivity index (χ1v) is 9.87. The van der Waals surface area contributed by atoms with Crippen molar-refractivity contribution in [2.75, 3.05) is 6.54 Å². The minimum atomic E-state index is -0.720. The quantitative estimate of drug-likeness (QED) is 0.580.